The molecule has 10 nitrogen and oxygen atoms in total. The Morgan fingerprint density at radius 2 is 1.74 bits per heavy atom. The predicted octanol–water partition coefficient (Wildman–Crippen LogP) is 3.10. The summed E-state index contributed by atoms with van der Waals surface area (Å²) >= 11 is 0. The van der Waals surface area contributed by atoms with Gasteiger partial charge < -0.3 is 19.3 Å². The van der Waals surface area contributed by atoms with E-state index in [4.69, 9.17) is 24.5 Å². The largest absolute Gasteiger partial charge is 0.497 e. The lowest BCUT2D eigenvalue weighted by molar-refractivity contribution is 0.0711. The summed E-state index contributed by atoms with van der Waals surface area (Å²) in [6.45, 7) is 0.350. The van der Waals surface area contributed by atoms with Gasteiger partial charge in [0.1, 0.15) is 5.75 Å². The first-order chi connectivity index (χ1) is 18.2. The second-order valence-corrected chi connectivity index (χ2v) is 10.1. The zero-order valence-electron chi connectivity index (χ0n) is 21.0. The molecular weight excluding hydrogens is 510 g/mol. The third kappa shape index (κ3) is 5.96. The van der Waals surface area contributed by atoms with Gasteiger partial charge in [-0.1, -0.05) is 6.07 Å². The Morgan fingerprint density at radius 3 is 2.34 bits per heavy atom. The molecule has 3 aromatic carbocycles. The van der Waals surface area contributed by atoms with Crippen molar-refractivity contribution >= 4 is 21.6 Å². The minimum atomic E-state index is -3.89. The Kier molecular flexibility index (Phi) is 8.30. The maximum absolute atomic E-state index is 13.6. The first kappa shape index (κ1) is 27.1. The predicted molar refractivity (Wildman–Crippen MR) is 141 cm³/mol. The van der Waals surface area contributed by atoms with Gasteiger partial charge in [0.05, 0.1) is 37.5 Å². The average Bonchev–Trinajstić information content (AvgIpc) is 3.38. The molecule has 0 bridgehead atoms. The van der Waals surface area contributed by atoms with Gasteiger partial charge in [-0.05, 0) is 71.8 Å². The van der Waals surface area contributed by atoms with Crippen molar-refractivity contribution in [3.8, 4) is 17.2 Å². The van der Waals surface area contributed by atoms with Crippen LogP contribution >= 0.6 is 0 Å². The number of hydrogen-bond acceptors (Lipinski definition) is 8. The van der Waals surface area contributed by atoms with Gasteiger partial charge in [-0.2, -0.15) is 5.10 Å². The van der Waals surface area contributed by atoms with Gasteiger partial charge in [0, 0.05) is 25.0 Å². The molecule has 4 rings (SSSR count). The fraction of sp³-hybridized carbons (Fsp3) is 0.259. The minimum Gasteiger partial charge on any atom is -0.497 e. The number of primary sulfonamides is 1. The fourth-order valence-electron chi connectivity index (χ4n) is 4.09. The Labute approximate surface area is 221 Å². The van der Waals surface area contributed by atoms with Gasteiger partial charge >= 0.3 is 0 Å². The lowest BCUT2D eigenvalue weighted by atomic mass is 9.97. The summed E-state index contributed by atoms with van der Waals surface area (Å²) in [5.74, 6) is 1.31. The van der Waals surface area contributed by atoms with Gasteiger partial charge in [0.2, 0.25) is 10.0 Å². The number of nitrogens with two attached hydrogens (primary N) is 1. The molecule has 0 aliphatic carbocycles. The summed E-state index contributed by atoms with van der Waals surface area (Å²) < 4.78 is 39.8. The van der Waals surface area contributed by atoms with E-state index in [9.17, 15) is 13.2 Å². The van der Waals surface area contributed by atoms with E-state index in [1.807, 2.05) is 30.3 Å². The van der Waals surface area contributed by atoms with Crippen molar-refractivity contribution in [2.24, 2.45) is 10.2 Å². The van der Waals surface area contributed by atoms with Crippen molar-refractivity contribution < 1.29 is 32.5 Å². The van der Waals surface area contributed by atoms with Crippen molar-refractivity contribution in [3.05, 3.63) is 83.4 Å². The number of carbonyl (C=O) groups is 1. The average molecular weight is 540 g/mol. The summed E-state index contributed by atoms with van der Waals surface area (Å²) in [5.41, 5.74) is 2.58. The molecule has 0 fully saturated rings. The fourth-order valence-corrected chi connectivity index (χ4v) is 4.61. The van der Waals surface area contributed by atoms with E-state index >= 15 is 0 Å². The van der Waals surface area contributed by atoms with E-state index in [1.165, 1.54) is 36.4 Å². The number of rotatable bonds is 10. The monoisotopic (exact) mass is 539 g/mol. The molecule has 0 spiro atoms. The second kappa shape index (κ2) is 11.6. The number of benzene rings is 3. The zero-order chi connectivity index (χ0) is 27.3. The van der Waals surface area contributed by atoms with Crippen LogP contribution in [0.4, 0.5) is 0 Å². The lowest BCUT2D eigenvalue weighted by Crippen LogP contribution is -2.27. The molecule has 200 valence electrons. The highest BCUT2D eigenvalue weighted by Gasteiger charge is 2.34. The topological polar surface area (TPSA) is 141 Å². The van der Waals surface area contributed by atoms with Gasteiger partial charge in [-0.15, -0.1) is 0 Å². The molecule has 1 amide bonds. The smallest absolute Gasteiger partial charge is 0.274 e. The summed E-state index contributed by atoms with van der Waals surface area (Å²) in [6.07, 6.45) is 0.917. The number of nitrogens with zero attached hydrogens (tertiary/aromatic N) is 2. The normalized spacial score (nSPS) is 15.2. The Balaban J connectivity index is 1.69. The zero-order valence-corrected chi connectivity index (χ0v) is 21.8. The van der Waals surface area contributed by atoms with Crippen LogP contribution in [0.3, 0.4) is 0 Å². The molecule has 1 aliphatic heterocycles. The van der Waals surface area contributed by atoms with Crippen LogP contribution in [-0.4, -0.2) is 57.6 Å². The number of hydrazone groups is 1. The first-order valence-corrected chi connectivity index (χ1v) is 13.4. The quantitative estimate of drug-likeness (QED) is 0.377. The van der Waals surface area contributed by atoms with Gasteiger partial charge in [0.25, 0.3) is 5.91 Å². The van der Waals surface area contributed by atoms with Crippen LogP contribution in [-0.2, 0) is 10.0 Å². The van der Waals surface area contributed by atoms with E-state index in [0.717, 1.165) is 11.1 Å². The number of aliphatic hydroxyl groups is 1. The van der Waals surface area contributed by atoms with Gasteiger partial charge in [-0.25, -0.2) is 18.6 Å². The molecule has 38 heavy (non-hydrogen) atoms. The number of ether oxygens (including phenoxy) is 3. The SMILES string of the molecule is COc1ccc(C2=NN(C(=O)c3ccc(S(N)(=O)=O)cc3)C(c3ccc(OCCCO)c(OC)c3)C2)cc1. The number of carbonyl (C=O) groups excluding carboxylic acids is 1. The summed E-state index contributed by atoms with van der Waals surface area (Å²) in [6, 6.07) is 17.8. The summed E-state index contributed by atoms with van der Waals surface area (Å²) in [7, 11) is -0.774. The molecular formula is C27H29N3O7S. The number of aliphatic hydroxyl groups excluding tert-OH is 1. The maximum atomic E-state index is 13.6. The van der Waals surface area contributed by atoms with E-state index in [0.29, 0.717) is 42.4 Å². The molecule has 3 aromatic rings. The Bertz CT molecular complexity index is 1420. The molecule has 1 heterocycles. The summed E-state index contributed by atoms with van der Waals surface area (Å²) in [5, 5.41) is 20.3. The first-order valence-electron chi connectivity index (χ1n) is 11.8. The maximum Gasteiger partial charge on any atom is 0.274 e. The summed E-state index contributed by atoms with van der Waals surface area (Å²) in [4.78, 5) is 13.5. The second-order valence-electron chi connectivity index (χ2n) is 8.55. The Morgan fingerprint density at radius 1 is 1.03 bits per heavy atom. The van der Waals surface area contributed by atoms with Gasteiger partial charge in [-0.3, -0.25) is 4.79 Å². The number of hydrogen-bond donors (Lipinski definition) is 2. The molecule has 1 atom stereocenters. The molecule has 0 aromatic heterocycles. The third-order valence-corrected chi connectivity index (χ3v) is 7.03. The van der Waals surface area contributed by atoms with E-state index in [2.05, 4.69) is 5.10 Å². The van der Waals surface area contributed by atoms with Crippen LogP contribution in [0, 0.1) is 0 Å². The lowest BCUT2D eigenvalue weighted by Gasteiger charge is -2.23. The van der Waals surface area contributed by atoms with Crippen LogP contribution < -0.4 is 19.3 Å². The number of amides is 1. The standard InChI is InChI=1S/C27H29N3O7S/c1-35-21-9-4-18(5-10-21)23-17-24(20-8-13-25(26(16-20)36-2)37-15-3-14-31)30(29-23)27(32)19-6-11-22(12-7-19)38(28,33)34/h4-13,16,24,31H,3,14-15,17H2,1-2H3,(H2,28,33,34). The van der Waals surface area contributed by atoms with E-state index in [-0.39, 0.29) is 17.1 Å². The van der Waals surface area contributed by atoms with Crippen molar-refractivity contribution in [2.45, 2.75) is 23.8 Å². The van der Waals surface area contributed by atoms with Crippen LogP contribution in [0.15, 0.2) is 76.7 Å². The minimum absolute atomic E-state index is 0.0171. The van der Waals surface area contributed by atoms with Crippen molar-refractivity contribution in [1.82, 2.24) is 5.01 Å². The van der Waals surface area contributed by atoms with Crippen molar-refractivity contribution in [2.75, 3.05) is 27.4 Å². The van der Waals surface area contributed by atoms with Crippen molar-refractivity contribution in [1.29, 1.82) is 0 Å². The van der Waals surface area contributed by atoms with Crippen LogP contribution in [0.2, 0.25) is 0 Å². The highest BCUT2D eigenvalue weighted by Crippen LogP contribution is 2.38. The van der Waals surface area contributed by atoms with Crippen LogP contribution in [0.25, 0.3) is 0 Å². The van der Waals surface area contributed by atoms with Crippen molar-refractivity contribution in [3.63, 3.8) is 0 Å². The highest BCUT2D eigenvalue weighted by molar-refractivity contribution is 7.89. The molecule has 0 saturated carbocycles. The molecule has 0 radical (unpaired) electrons. The highest BCUT2D eigenvalue weighted by atomic mass is 32.2. The molecule has 0 saturated heterocycles. The van der Waals surface area contributed by atoms with Crippen LogP contribution in [0.5, 0.6) is 17.2 Å². The van der Waals surface area contributed by atoms with Gasteiger partial charge in [0.15, 0.2) is 11.5 Å². The van der Waals surface area contributed by atoms with Crippen LogP contribution in [0.1, 0.15) is 40.4 Å². The Hall–Kier alpha value is -3.93. The van der Waals surface area contributed by atoms with E-state index < -0.39 is 22.0 Å². The van der Waals surface area contributed by atoms with E-state index in [1.54, 1.807) is 19.2 Å². The number of methoxy groups -OCH3 is 2. The third-order valence-electron chi connectivity index (χ3n) is 6.10. The molecule has 3 N–H and O–H groups in total. The number of sulfonamides is 1. The molecule has 11 heteroatoms. The molecule has 1 unspecified atom stereocenters. The molecule has 1 aliphatic rings.